The van der Waals surface area contributed by atoms with Crippen LogP contribution in [-0.4, -0.2) is 26.9 Å². The zero-order valence-corrected chi connectivity index (χ0v) is 11.7. The molecule has 1 saturated heterocycles. The predicted octanol–water partition coefficient (Wildman–Crippen LogP) is 2.82. The molecule has 1 aromatic rings. The van der Waals surface area contributed by atoms with E-state index in [0.29, 0.717) is 17.2 Å². The Balaban J connectivity index is 2.01. The average molecular weight is 289 g/mol. The smallest absolute Gasteiger partial charge is 0.157 e. The Morgan fingerprint density at radius 2 is 2.06 bits per heavy atom. The lowest BCUT2D eigenvalue weighted by Crippen LogP contribution is -2.28. The Morgan fingerprint density at radius 3 is 2.72 bits per heavy atom. The second kappa shape index (κ2) is 6.04. The zero-order valence-electron chi connectivity index (χ0n) is 10.1. The van der Waals surface area contributed by atoms with Crippen molar-refractivity contribution >= 4 is 21.4 Å². The summed E-state index contributed by atoms with van der Waals surface area (Å²) in [5.41, 5.74) is 0.662. The molecule has 1 aliphatic heterocycles. The highest BCUT2D eigenvalue weighted by molar-refractivity contribution is 7.90. The van der Waals surface area contributed by atoms with Gasteiger partial charge in [0.1, 0.15) is 0 Å². The van der Waals surface area contributed by atoms with Crippen LogP contribution in [0.4, 0.5) is 0 Å². The van der Waals surface area contributed by atoms with E-state index < -0.39 is 9.84 Å². The molecule has 0 aliphatic carbocycles. The van der Waals surface area contributed by atoms with Gasteiger partial charge in [-0.2, -0.15) is 0 Å². The Morgan fingerprint density at radius 1 is 1.28 bits per heavy atom. The lowest BCUT2D eigenvalue weighted by molar-refractivity contribution is 0.0305. The van der Waals surface area contributed by atoms with Gasteiger partial charge in [0.15, 0.2) is 9.84 Å². The van der Waals surface area contributed by atoms with Crippen molar-refractivity contribution in [2.24, 2.45) is 0 Å². The van der Waals surface area contributed by atoms with Crippen molar-refractivity contribution in [2.45, 2.75) is 31.1 Å². The third kappa shape index (κ3) is 3.97. The summed E-state index contributed by atoms with van der Waals surface area (Å²) in [5, 5.41) is 0.505. The van der Waals surface area contributed by atoms with Crippen molar-refractivity contribution in [3.05, 3.63) is 34.9 Å². The lowest BCUT2D eigenvalue weighted by Gasteiger charge is -2.22. The minimum Gasteiger partial charge on any atom is -0.377 e. The van der Waals surface area contributed by atoms with E-state index in [0.717, 1.165) is 19.3 Å². The minimum atomic E-state index is -3.17. The van der Waals surface area contributed by atoms with Crippen LogP contribution in [0.15, 0.2) is 24.3 Å². The molecule has 100 valence electrons. The van der Waals surface area contributed by atoms with Crippen LogP contribution in [0.25, 0.3) is 0 Å². The fraction of sp³-hybridized carbons (Fsp3) is 0.538. The summed E-state index contributed by atoms with van der Waals surface area (Å²) >= 11 is 5.98. The third-order valence-electron chi connectivity index (χ3n) is 3.05. The van der Waals surface area contributed by atoms with E-state index >= 15 is 0 Å². The lowest BCUT2D eigenvalue weighted by atomic mass is 10.1. The van der Waals surface area contributed by atoms with E-state index in [1.54, 1.807) is 24.3 Å². The van der Waals surface area contributed by atoms with Crippen molar-refractivity contribution in [1.29, 1.82) is 0 Å². The Hall–Kier alpha value is -0.580. The molecule has 0 bridgehead atoms. The molecule has 1 atom stereocenters. The Labute approximate surface area is 113 Å². The van der Waals surface area contributed by atoms with Gasteiger partial charge in [0.25, 0.3) is 0 Å². The molecule has 1 aromatic carbocycles. The number of rotatable bonds is 4. The highest BCUT2D eigenvalue weighted by Crippen LogP contribution is 2.20. The summed E-state index contributed by atoms with van der Waals surface area (Å²) in [6.45, 7) is 0.673. The quantitative estimate of drug-likeness (QED) is 0.856. The summed E-state index contributed by atoms with van der Waals surface area (Å²) in [7, 11) is -3.17. The van der Waals surface area contributed by atoms with Crippen molar-refractivity contribution < 1.29 is 13.2 Å². The van der Waals surface area contributed by atoms with E-state index in [2.05, 4.69) is 0 Å². The van der Waals surface area contributed by atoms with E-state index in [1.165, 1.54) is 0 Å². The molecule has 1 aliphatic rings. The van der Waals surface area contributed by atoms with Crippen molar-refractivity contribution in [1.82, 2.24) is 0 Å². The number of ether oxygens (including phenoxy) is 1. The topological polar surface area (TPSA) is 43.4 Å². The van der Waals surface area contributed by atoms with Gasteiger partial charge < -0.3 is 4.74 Å². The molecule has 5 heteroatoms. The standard InChI is InChI=1S/C13H17ClO3S/c14-13-7-2-1-5-11(13)9-18(15,16)10-12-6-3-4-8-17-12/h1-2,5,7,12H,3-4,6,8-10H2. The first-order valence-corrected chi connectivity index (χ1v) is 8.32. The van der Waals surface area contributed by atoms with Gasteiger partial charge >= 0.3 is 0 Å². The summed E-state index contributed by atoms with van der Waals surface area (Å²) in [4.78, 5) is 0. The zero-order chi connectivity index (χ0) is 13.0. The third-order valence-corrected chi connectivity index (χ3v) is 5.05. The molecule has 1 heterocycles. The van der Waals surface area contributed by atoms with Crippen molar-refractivity contribution in [2.75, 3.05) is 12.4 Å². The van der Waals surface area contributed by atoms with E-state index in [4.69, 9.17) is 16.3 Å². The van der Waals surface area contributed by atoms with Crippen LogP contribution in [0.3, 0.4) is 0 Å². The molecule has 1 fully saturated rings. The minimum absolute atomic E-state index is 0.00741. The first kappa shape index (κ1) is 13.8. The van der Waals surface area contributed by atoms with Gasteiger partial charge in [0.2, 0.25) is 0 Å². The van der Waals surface area contributed by atoms with Crippen molar-refractivity contribution in [3.8, 4) is 0 Å². The van der Waals surface area contributed by atoms with Crippen LogP contribution in [0.2, 0.25) is 5.02 Å². The van der Waals surface area contributed by atoms with E-state index in [1.807, 2.05) is 0 Å². The average Bonchev–Trinajstić information content (AvgIpc) is 2.32. The molecule has 3 nitrogen and oxygen atoms in total. The maximum absolute atomic E-state index is 12.1. The van der Waals surface area contributed by atoms with E-state index in [-0.39, 0.29) is 17.6 Å². The van der Waals surface area contributed by atoms with Gasteiger partial charge in [0.05, 0.1) is 17.6 Å². The van der Waals surface area contributed by atoms with Crippen LogP contribution < -0.4 is 0 Å². The second-order valence-electron chi connectivity index (χ2n) is 4.63. The Kier molecular flexibility index (Phi) is 4.65. The maximum atomic E-state index is 12.1. The molecule has 0 N–H and O–H groups in total. The monoisotopic (exact) mass is 288 g/mol. The fourth-order valence-electron chi connectivity index (χ4n) is 2.13. The van der Waals surface area contributed by atoms with Gasteiger partial charge in [-0.1, -0.05) is 29.8 Å². The number of benzene rings is 1. The molecule has 2 rings (SSSR count). The summed E-state index contributed by atoms with van der Waals surface area (Å²) < 4.78 is 29.6. The first-order chi connectivity index (χ1) is 8.57. The van der Waals surface area contributed by atoms with Gasteiger partial charge in [-0.3, -0.25) is 0 Å². The molecule has 0 saturated carbocycles. The van der Waals surface area contributed by atoms with Gasteiger partial charge in [-0.25, -0.2) is 8.42 Å². The second-order valence-corrected chi connectivity index (χ2v) is 7.15. The first-order valence-electron chi connectivity index (χ1n) is 6.12. The number of halogens is 1. The van der Waals surface area contributed by atoms with Crippen LogP contribution in [0, 0.1) is 0 Å². The normalized spacial score (nSPS) is 20.8. The largest absolute Gasteiger partial charge is 0.377 e. The molecule has 1 unspecified atom stereocenters. The maximum Gasteiger partial charge on any atom is 0.157 e. The number of hydrogen-bond acceptors (Lipinski definition) is 3. The van der Waals surface area contributed by atoms with Crippen LogP contribution in [-0.2, 0) is 20.3 Å². The highest BCUT2D eigenvalue weighted by atomic mass is 35.5. The van der Waals surface area contributed by atoms with Crippen LogP contribution >= 0.6 is 11.6 Å². The van der Waals surface area contributed by atoms with Crippen LogP contribution in [0.5, 0.6) is 0 Å². The highest BCUT2D eigenvalue weighted by Gasteiger charge is 2.22. The number of sulfone groups is 1. The van der Waals surface area contributed by atoms with E-state index in [9.17, 15) is 8.42 Å². The molecule has 18 heavy (non-hydrogen) atoms. The molecule has 0 aromatic heterocycles. The molecular formula is C13H17ClO3S. The molecular weight excluding hydrogens is 272 g/mol. The summed E-state index contributed by atoms with van der Waals surface area (Å²) in [5.74, 6) is 0.0881. The summed E-state index contributed by atoms with van der Waals surface area (Å²) in [6, 6.07) is 7.06. The SMILES string of the molecule is O=S(=O)(Cc1ccccc1Cl)CC1CCCCO1. The predicted molar refractivity (Wildman–Crippen MR) is 72.5 cm³/mol. The van der Waals surface area contributed by atoms with Gasteiger partial charge in [0, 0.05) is 11.6 Å². The summed E-state index contributed by atoms with van der Waals surface area (Å²) in [6.07, 6.45) is 2.76. The van der Waals surface area contributed by atoms with Crippen LogP contribution in [0.1, 0.15) is 24.8 Å². The molecule has 0 radical (unpaired) electrons. The van der Waals surface area contributed by atoms with Gasteiger partial charge in [-0.15, -0.1) is 0 Å². The molecule has 0 spiro atoms. The molecule has 0 amide bonds. The van der Waals surface area contributed by atoms with Gasteiger partial charge in [-0.05, 0) is 30.9 Å². The van der Waals surface area contributed by atoms with Crippen molar-refractivity contribution in [3.63, 3.8) is 0 Å². The fourth-order valence-corrected chi connectivity index (χ4v) is 4.09. The number of hydrogen-bond donors (Lipinski definition) is 0. The Bertz CT molecular complexity index is 493.